The fourth-order valence-electron chi connectivity index (χ4n) is 3.98. The number of amides is 1. The number of nitrogens with zero attached hydrogens (tertiary/aromatic N) is 4. The second-order valence-electron chi connectivity index (χ2n) is 9.02. The van der Waals surface area contributed by atoms with Crippen molar-refractivity contribution in [2.45, 2.75) is 59.6 Å². The average molecular weight is 524 g/mol. The molecule has 2 heterocycles. The lowest BCUT2D eigenvalue weighted by Crippen LogP contribution is -2.57. The minimum absolute atomic E-state index is 0. The lowest BCUT2D eigenvalue weighted by Gasteiger charge is -2.39. The first-order valence-electron chi connectivity index (χ1n) is 10.9. The molecular weight excluding hydrogens is 481 g/mol. The van der Waals surface area contributed by atoms with E-state index >= 15 is 0 Å². The molecule has 2 aliphatic rings. The summed E-state index contributed by atoms with van der Waals surface area (Å²) in [5, 5.41) is 3.42. The van der Waals surface area contributed by atoms with Crippen LogP contribution >= 0.6 is 24.0 Å². The number of likely N-dealkylation sites (tertiary alicyclic amines) is 1. The summed E-state index contributed by atoms with van der Waals surface area (Å²) in [6.07, 6.45) is 2.37. The SMILES string of the molecule is CCNC(=NCC(OC)C(C)(C)C)N1CCN(C(C)C(=O)N2CCCC2)CC1.I. The molecule has 1 N–H and O–H groups in total. The highest BCUT2D eigenvalue weighted by Crippen LogP contribution is 2.22. The molecule has 0 aromatic rings. The van der Waals surface area contributed by atoms with Gasteiger partial charge in [-0.25, -0.2) is 0 Å². The number of rotatable bonds is 6. The van der Waals surface area contributed by atoms with Crippen molar-refractivity contribution < 1.29 is 9.53 Å². The van der Waals surface area contributed by atoms with Crippen LogP contribution in [-0.4, -0.2) is 98.2 Å². The Hall–Kier alpha value is -0.610. The second-order valence-corrected chi connectivity index (χ2v) is 9.02. The Balaban J connectivity index is 0.00000420. The van der Waals surface area contributed by atoms with Crippen LogP contribution in [0.15, 0.2) is 4.99 Å². The van der Waals surface area contributed by atoms with Crippen molar-refractivity contribution >= 4 is 35.8 Å². The third-order valence-corrected chi connectivity index (χ3v) is 5.93. The third kappa shape index (κ3) is 7.54. The maximum Gasteiger partial charge on any atom is 0.239 e. The molecule has 2 atom stereocenters. The van der Waals surface area contributed by atoms with E-state index in [0.29, 0.717) is 12.5 Å². The zero-order valence-electron chi connectivity index (χ0n) is 19.2. The zero-order valence-corrected chi connectivity index (χ0v) is 21.6. The quantitative estimate of drug-likeness (QED) is 0.329. The van der Waals surface area contributed by atoms with Gasteiger partial charge in [0.05, 0.1) is 18.7 Å². The molecule has 2 fully saturated rings. The van der Waals surface area contributed by atoms with Crippen LogP contribution in [0, 0.1) is 5.41 Å². The van der Waals surface area contributed by atoms with Gasteiger partial charge in [0.15, 0.2) is 5.96 Å². The molecule has 0 saturated carbocycles. The molecule has 0 aromatic heterocycles. The Morgan fingerprint density at radius 1 is 1.07 bits per heavy atom. The van der Waals surface area contributed by atoms with E-state index in [-0.39, 0.29) is 41.5 Å². The minimum Gasteiger partial charge on any atom is -0.379 e. The van der Waals surface area contributed by atoms with E-state index in [9.17, 15) is 4.79 Å². The largest absolute Gasteiger partial charge is 0.379 e. The van der Waals surface area contributed by atoms with Crippen LogP contribution < -0.4 is 5.32 Å². The normalized spacial score (nSPS) is 21.0. The number of aliphatic imine (C=N–C) groups is 1. The predicted molar refractivity (Wildman–Crippen MR) is 130 cm³/mol. The maximum absolute atomic E-state index is 12.7. The van der Waals surface area contributed by atoms with E-state index in [1.807, 2.05) is 4.90 Å². The van der Waals surface area contributed by atoms with Crippen molar-refractivity contribution in [1.82, 2.24) is 20.0 Å². The number of halogens is 1. The summed E-state index contributed by atoms with van der Waals surface area (Å²) in [4.78, 5) is 24.2. The lowest BCUT2D eigenvalue weighted by atomic mass is 9.89. The molecule has 0 aliphatic carbocycles. The smallest absolute Gasteiger partial charge is 0.239 e. The van der Waals surface area contributed by atoms with Gasteiger partial charge in [0.25, 0.3) is 0 Å². The zero-order chi connectivity index (χ0) is 20.7. The van der Waals surface area contributed by atoms with Gasteiger partial charge in [0, 0.05) is 52.9 Å². The first-order chi connectivity index (χ1) is 13.3. The summed E-state index contributed by atoms with van der Waals surface area (Å²) in [5.74, 6) is 1.24. The summed E-state index contributed by atoms with van der Waals surface area (Å²) >= 11 is 0. The van der Waals surface area contributed by atoms with Crippen LogP contribution in [0.5, 0.6) is 0 Å². The fourth-order valence-corrected chi connectivity index (χ4v) is 3.98. The third-order valence-electron chi connectivity index (χ3n) is 5.93. The first kappa shape index (κ1) is 26.4. The molecule has 2 aliphatic heterocycles. The Kier molecular flexibility index (Phi) is 11.2. The Bertz CT molecular complexity index is 524. The highest BCUT2D eigenvalue weighted by Gasteiger charge is 2.31. The summed E-state index contributed by atoms with van der Waals surface area (Å²) in [7, 11) is 1.76. The van der Waals surface area contributed by atoms with Gasteiger partial charge in [-0.3, -0.25) is 14.7 Å². The number of hydrogen-bond acceptors (Lipinski definition) is 4. The van der Waals surface area contributed by atoms with Gasteiger partial charge >= 0.3 is 0 Å². The average Bonchev–Trinajstić information content (AvgIpc) is 3.20. The van der Waals surface area contributed by atoms with Crippen molar-refractivity contribution in [2.24, 2.45) is 10.4 Å². The summed E-state index contributed by atoms with van der Waals surface area (Å²) in [6.45, 7) is 17.6. The Morgan fingerprint density at radius 3 is 2.14 bits per heavy atom. The fraction of sp³-hybridized carbons (Fsp3) is 0.905. The van der Waals surface area contributed by atoms with Gasteiger partial charge in [0.1, 0.15) is 0 Å². The number of carbonyl (C=O) groups excluding carboxylic acids is 1. The molecule has 2 saturated heterocycles. The molecule has 0 bridgehead atoms. The molecule has 0 radical (unpaired) electrons. The van der Waals surface area contributed by atoms with Crippen molar-refractivity contribution in [3.8, 4) is 0 Å². The number of carbonyl (C=O) groups is 1. The molecule has 0 spiro atoms. The summed E-state index contributed by atoms with van der Waals surface area (Å²) in [5.41, 5.74) is 0.0552. The van der Waals surface area contributed by atoms with Crippen LogP contribution in [-0.2, 0) is 9.53 Å². The van der Waals surface area contributed by atoms with Crippen LogP contribution in [0.3, 0.4) is 0 Å². The van der Waals surface area contributed by atoms with Gasteiger partial charge in [-0.1, -0.05) is 20.8 Å². The number of piperazine rings is 1. The minimum atomic E-state index is -0.0291. The molecule has 8 heteroatoms. The van der Waals surface area contributed by atoms with Crippen molar-refractivity contribution in [3.63, 3.8) is 0 Å². The molecular formula is C21H42IN5O2. The predicted octanol–water partition coefficient (Wildman–Crippen LogP) is 2.26. The van der Waals surface area contributed by atoms with Crippen LogP contribution in [0.4, 0.5) is 0 Å². The number of ether oxygens (including phenoxy) is 1. The topological polar surface area (TPSA) is 60.4 Å². The van der Waals surface area contributed by atoms with E-state index in [4.69, 9.17) is 9.73 Å². The number of hydrogen-bond donors (Lipinski definition) is 1. The van der Waals surface area contributed by atoms with Crippen molar-refractivity contribution in [2.75, 3.05) is 59.5 Å². The first-order valence-corrected chi connectivity index (χ1v) is 10.9. The van der Waals surface area contributed by atoms with Crippen molar-refractivity contribution in [3.05, 3.63) is 0 Å². The number of methoxy groups -OCH3 is 1. The molecule has 170 valence electrons. The summed E-state index contributed by atoms with van der Waals surface area (Å²) in [6, 6.07) is -0.0291. The molecule has 0 aromatic carbocycles. The molecule has 2 rings (SSSR count). The van der Waals surface area contributed by atoms with Gasteiger partial charge in [0.2, 0.25) is 5.91 Å². The lowest BCUT2D eigenvalue weighted by molar-refractivity contribution is -0.135. The highest BCUT2D eigenvalue weighted by atomic mass is 127. The summed E-state index contributed by atoms with van der Waals surface area (Å²) < 4.78 is 5.65. The van der Waals surface area contributed by atoms with Gasteiger partial charge in [-0.05, 0) is 32.1 Å². The van der Waals surface area contributed by atoms with Crippen molar-refractivity contribution in [1.29, 1.82) is 0 Å². The van der Waals surface area contributed by atoms with E-state index in [1.165, 1.54) is 0 Å². The molecule has 7 nitrogen and oxygen atoms in total. The van der Waals surface area contributed by atoms with E-state index < -0.39 is 0 Å². The number of guanidine groups is 1. The van der Waals surface area contributed by atoms with Crippen LogP contribution in [0.25, 0.3) is 0 Å². The highest BCUT2D eigenvalue weighted by molar-refractivity contribution is 14.0. The van der Waals surface area contributed by atoms with E-state index in [1.54, 1.807) is 7.11 Å². The monoisotopic (exact) mass is 523 g/mol. The van der Waals surface area contributed by atoms with Gasteiger partial charge < -0.3 is 19.9 Å². The van der Waals surface area contributed by atoms with Gasteiger partial charge in [-0.15, -0.1) is 24.0 Å². The Labute approximate surface area is 194 Å². The Morgan fingerprint density at radius 2 is 1.66 bits per heavy atom. The molecule has 29 heavy (non-hydrogen) atoms. The number of nitrogens with one attached hydrogen (secondary N) is 1. The second kappa shape index (κ2) is 12.3. The van der Waals surface area contributed by atoms with Crippen LogP contribution in [0.1, 0.15) is 47.5 Å². The van der Waals surface area contributed by atoms with Crippen LogP contribution in [0.2, 0.25) is 0 Å². The molecule has 1 amide bonds. The van der Waals surface area contributed by atoms with Gasteiger partial charge in [-0.2, -0.15) is 0 Å². The molecule has 2 unspecified atom stereocenters. The van der Waals surface area contributed by atoms with E-state index in [0.717, 1.165) is 64.6 Å². The standard InChI is InChI=1S/C21H41N5O2.HI/c1-7-22-20(23-16-18(28-6)21(3,4)5)26-14-12-24(13-15-26)17(2)19(27)25-10-8-9-11-25;/h17-18H,7-16H2,1-6H3,(H,22,23);1H. The van der Waals surface area contributed by atoms with E-state index in [2.05, 4.69) is 49.7 Å². The maximum atomic E-state index is 12.7.